The lowest BCUT2D eigenvalue weighted by molar-refractivity contribution is -0.136. The van der Waals surface area contributed by atoms with E-state index >= 15 is 0 Å². The maximum atomic E-state index is 12.2. The molecule has 0 radical (unpaired) electrons. The summed E-state index contributed by atoms with van der Waals surface area (Å²) in [4.78, 5) is 28.6. The monoisotopic (exact) mass is 319 g/mol. The Morgan fingerprint density at radius 1 is 0.917 bits per heavy atom. The Morgan fingerprint density at radius 3 is 2.46 bits per heavy atom. The van der Waals surface area contributed by atoms with Gasteiger partial charge in [-0.25, -0.2) is 0 Å². The van der Waals surface area contributed by atoms with Gasteiger partial charge < -0.3 is 10.6 Å². The van der Waals surface area contributed by atoms with Crippen LogP contribution in [0.2, 0.25) is 0 Å². The fraction of sp³-hybridized carbons (Fsp3) is 0.105. The molecule has 1 heterocycles. The largest absolute Gasteiger partial charge is 0.341 e. The molecule has 3 aromatic rings. The zero-order chi connectivity index (χ0) is 16.9. The molecule has 2 aromatic carbocycles. The van der Waals surface area contributed by atoms with Gasteiger partial charge in [-0.05, 0) is 24.6 Å². The molecule has 1 aromatic heterocycles. The molecule has 0 aliphatic rings. The molecule has 5 heteroatoms. The summed E-state index contributed by atoms with van der Waals surface area (Å²) in [6.45, 7) is 1.83. The Morgan fingerprint density at radius 2 is 1.67 bits per heavy atom. The van der Waals surface area contributed by atoms with E-state index in [0.29, 0.717) is 11.2 Å². The van der Waals surface area contributed by atoms with Crippen molar-refractivity contribution in [1.82, 2.24) is 10.3 Å². The van der Waals surface area contributed by atoms with Crippen LogP contribution in [0.3, 0.4) is 0 Å². The maximum Gasteiger partial charge on any atom is 0.313 e. The molecule has 120 valence electrons. The van der Waals surface area contributed by atoms with Crippen LogP contribution in [0.25, 0.3) is 10.9 Å². The number of nitrogens with one attached hydrogen (secondary N) is 2. The Bertz CT molecular complexity index is 873. The summed E-state index contributed by atoms with van der Waals surface area (Å²) < 4.78 is 0. The van der Waals surface area contributed by atoms with Crippen LogP contribution >= 0.6 is 0 Å². The molecule has 2 N–H and O–H groups in total. The van der Waals surface area contributed by atoms with E-state index in [-0.39, 0.29) is 6.04 Å². The third-order valence-corrected chi connectivity index (χ3v) is 3.73. The Hall–Kier alpha value is -3.21. The number of amides is 2. The molecule has 1 atom stereocenters. The van der Waals surface area contributed by atoms with Crippen LogP contribution in [-0.4, -0.2) is 16.8 Å². The van der Waals surface area contributed by atoms with Crippen molar-refractivity contribution in [3.8, 4) is 0 Å². The highest BCUT2D eigenvalue weighted by molar-refractivity contribution is 6.40. The maximum absolute atomic E-state index is 12.2. The molecule has 5 nitrogen and oxygen atoms in total. The number of anilines is 1. The molecule has 0 saturated heterocycles. The predicted molar refractivity (Wildman–Crippen MR) is 93.4 cm³/mol. The van der Waals surface area contributed by atoms with Gasteiger partial charge in [0.05, 0.1) is 17.2 Å². The number of fused-ring (bicyclic) bond motifs is 1. The van der Waals surface area contributed by atoms with Gasteiger partial charge in [-0.2, -0.15) is 0 Å². The van der Waals surface area contributed by atoms with E-state index in [1.54, 1.807) is 12.3 Å². The predicted octanol–water partition coefficient (Wildman–Crippen LogP) is 3.05. The Kier molecular flexibility index (Phi) is 4.52. The number of aromatic nitrogens is 1. The van der Waals surface area contributed by atoms with Gasteiger partial charge in [0.25, 0.3) is 0 Å². The van der Waals surface area contributed by atoms with E-state index in [0.717, 1.165) is 10.9 Å². The van der Waals surface area contributed by atoms with Crippen molar-refractivity contribution in [2.45, 2.75) is 13.0 Å². The van der Waals surface area contributed by atoms with E-state index in [2.05, 4.69) is 15.6 Å². The molecule has 0 spiro atoms. The van der Waals surface area contributed by atoms with E-state index in [1.165, 1.54) is 0 Å². The zero-order valence-corrected chi connectivity index (χ0v) is 13.2. The summed E-state index contributed by atoms with van der Waals surface area (Å²) in [6.07, 6.45) is 1.65. The zero-order valence-electron chi connectivity index (χ0n) is 13.2. The van der Waals surface area contributed by atoms with E-state index in [4.69, 9.17) is 0 Å². The van der Waals surface area contributed by atoms with Crippen LogP contribution in [0.4, 0.5) is 5.69 Å². The minimum Gasteiger partial charge on any atom is -0.341 e. The molecule has 3 rings (SSSR count). The summed E-state index contributed by atoms with van der Waals surface area (Å²) in [5, 5.41) is 6.22. The van der Waals surface area contributed by atoms with Gasteiger partial charge in [0.15, 0.2) is 0 Å². The molecule has 24 heavy (non-hydrogen) atoms. The molecule has 2 amide bonds. The van der Waals surface area contributed by atoms with Gasteiger partial charge in [-0.15, -0.1) is 0 Å². The van der Waals surface area contributed by atoms with Gasteiger partial charge in [0, 0.05) is 11.6 Å². The highest BCUT2D eigenvalue weighted by Crippen LogP contribution is 2.20. The van der Waals surface area contributed by atoms with Crippen molar-refractivity contribution in [2.75, 3.05) is 5.32 Å². The van der Waals surface area contributed by atoms with Crippen molar-refractivity contribution in [3.05, 3.63) is 72.4 Å². The highest BCUT2D eigenvalue weighted by atomic mass is 16.2. The number of carbonyl (C=O) groups excluding carboxylic acids is 2. The third kappa shape index (κ3) is 3.41. The van der Waals surface area contributed by atoms with E-state index < -0.39 is 11.8 Å². The number of para-hydroxylation sites is 1. The first-order chi connectivity index (χ1) is 11.6. The summed E-state index contributed by atoms with van der Waals surface area (Å²) in [5.74, 6) is -1.39. The van der Waals surface area contributed by atoms with Crippen molar-refractivity contribution in [1.29, 1.82) is 0 Å². The van der Waals surface area contributed by atoms with E-state index in [1.807, 2.05) is 61.5 Å². The van der Waals surface area contributed by atoms with Crippen LogP contribution in [0.5, 0.6) is 0 Å². The lowest BCUT2D eigenvalue weighted by Crippen LogP contribution is -2.36. The topological polar surface area (TPSA) is 71.1 Å². The van der Waals surface area contributed by atoms with Gasteiger partial charge in [0.2, 0.25) is 0 Å². The fourth-order valence-electron chi connectivity index (χ4n) is 2.47. The highest BCUT2D eigenvalue weighted by Gasteiger charge is 2.18. The summed E-state index contributed by atoms with van der Waals surface area (Å²) in [7, 11) is 0. The number of nitrogens with zero attached hydrogens (tertiary/aromatic N) is 1. The molecular weight excluding hydrogens is 302 g/mol. The average Bonchev–Trinajstić information content (AvgIpc) is 2.62. The first-order valence-electron chi connectivity index (χ1n) is 7.65. The van der Waals surface area contributed by atoms with Crippen molar-refractivity contribution in [2.24, 2.45) is 0 Å². The molecule has 1 unspecified atom stereocenters. The summed E-state index contributed by atoms with van der Waals surface area (Å²) in [5.41, 5.74) is 2.10. The number of hydrogen-bond donors (Lipinski definition) is 2. The molecule has 0 saturated carbocycles. The first-order valence-corrected chi connectivity index (χ1v) is 7.65. The quantitative estimate of drug-likeness (QED) is 0.729. The number of benzene rings is 2. The van der Waals surface area contributed by atoms with Crippen molar-refractivity contribution in [3.63, 3.8) is 0 Å². The number of hydrogen-bond acceptors (Lipinski definition) is 3. The lowest BCUT2D eigenvalue weighted by atomic mass is 10.1. The van der Waals surface area contributed by atoms with Crippen LogP contribution in [-0.2, 0) is 9.59 Å². The van der Waals surface area contributed by atoms with Crippen LogP contribution in [0.15, 0.2) is 66.9 Å². The molecule has 0 aliphatic heterocycles. The minimum atomic E-state index is -0.712. The molecule has 0 aliphatic carbocycles. The summed E-state index contributed by atoms with van der Waals surface area (Å²) >= 11 is 0. The Balaban J connectivity index is 1.71. The second kappa shape index (κ2) is 6.91. The van der Waals surface area contributed by atoms with Gasteiger partial charge in [-0.1, -0.05) is 48.5 Å². The second-order valence-corrected chi connectivity index (χ2v) is 5.44. The molecule has 0 bridgehead atoms. The van der Waals surface area contributed by atoms with Crippen molar-refractivity contribution < 1.29 is 9.59 Å². The number of carbonyl (C=O) groups is 2. The lowest BCUT2D eigenvalue weighted by Gasteiger charge is -2.14. The van der Waals surface area contributed by atoms with E-state index in [9.17, 15) is 9.59 Å². The summed E-state index contributed by atoms with van der Waals surface area (Å²) in [6, 6.07) is 18.4. The van der Waals surface area contributed by atoms with Crippen LogP contribution in [0.1, 0.15) is 18.5 Å². The van der Waals surface area contributed by atoms with Crippen LogP contribution in [0, 0.1) is 0 Å². The normalized spacial score (nSPS) is 11.7. The minimum absolute atomic E-state index is 0.255. The first kappa shape index (κ1) is 15.7. The Labute approximate surface area is 139 Å². The number of rotatable bonds is 3. The third-order valence-electron chi connectivity index (χ3n) is 3.73. The van der Waals surface area contributed by atoms with Crippen molar-refractivity contribution >= 4 is 28.4 Å². The molecular formula is C19H17N3O2. The van der Waals surface area contributed by atoms with Gasteiger partial charge in [-0.3, -0.25) is 14.6 Å². The smallest absolute Gasteiger partial charge is 0.313 e. The SMILES string of the molecule is CC(NC(=O)C(=O)Nc1cccc2cccnc12)c1ccccc1. The molecule has 0 fully saturated rings. The fourth-order valence-corrected chi connectivity index (χ4v) is 2.47. The number of pyridine rings is 1. The second-order valence-electron chi connectivity index (χ2n) is 5.44. The van der Waals surface area contributed by atoms with Crippen LogP contribution < -0.4 is 10.6 Å². The standard InChI is InChI=1S/C19H17N3O2/c1-13(14-7-3-2-4-8-14)21-18(23)19(24)22-16-11-5-9-15-10-6-12-20-17(15)16/h2-13H,1H3,(H,21,23)(H,22,24). The van der Waals surface area contributed by atoms with Gasteiger partial charge in [0.1, 0.15) is 0 Å². The van der Waals surface area contributed by atoms with Gasteiger partial charge >= 0.3 is 11.8 Å². The average molecular weight is 319 g/mol.